The van der Waals surface area contributed by atoms with Gasteiger partial charge in [0, 0.05) is 0 Å². The second-order valence-electron chi connectivity index (χ2n) is 2.48. The highest BCUT2D eigenvalue weighted by atomic mass is 32.1. The Bertz CT molecular complexity index is 509. The molecule has 2 heterocycles. The van der Waals surface area contributed by atoms with Crippen LogP contribution in [0, 0.1) is 3.95 Å². The molecule has 72 valence electrons. The van der Waals surface area contributed by atoms with Crippen LogP contribution in [0.5, 0.6) is 5.88 Å². The first-order valence-corrected chi connectivity index (χ1v) is 4.96. The highest BCUT2D eigenvalue weighted by Crippen LogP contribution is 2.19. The van der Waals surface area contributed by atoms with Gasteiger partial charge >= 0.3 is 5.91 Å². The molecule has 2 rings (SSSR count). The van der Waals surface area contributed by atoms with Crippen LogP contribution in [0.25, 0.3) is 0 Å². The van der Waals surface area contributed by atoms with Gasteiger partial charge in [0.1, 0.15) is 0 Å². The van der Waals surface area contributed by atoms with Crippen molar-refractivity contribution in [3.63, 3.8) is 0 Å². The van der Waals surface area contributed by atoms with E-state index in [1.54, 1.807) is 6.07 Å². The highest BCUT2D eigenvalue weighted by molar-refractivity contribution is 7.73. The number of aromatic hydroxyl groups is 1. The molecule has 2 aromatic rings. The van der Waals surface area contributed by atoms with Crippen LogP contribution < -0.4 is 0 Å². The molecule has 0 aliphatic carbocycles. The molecule has 0 fully saturated rings. The van der Waals surface area contributed by atoms with Crippen molar-refractivity contribution in [1.82, 2.24) is 4.57 Å². The van der Waals surface area contributed by atoms with Crippen LogP contribution in [0.4, 0.5) is 0 Å². The van der Waals surface area contributed by atoms with Crippen molar-refractivity contribution in [2.24, 2.45) is 0 Å². The van der Waals surface area contributed by atoms with Gasteiger partial charge in [-0.3, -0.25) is 4.79 Å². The summed E-state index contributed by atoms with van der Waals surface area (Å²) in [5.74, 6) is -0.477. The molecule has 0 aliphatic heterocycles. The summed E-state index contributed by atoms with van der Waals surface area (Å²) in [6.07, 6.45) is 1.39. The molecule has 0 bridgehead atoms. The number of carbonyl (C=O) groups is 1. The van der Waals surface area contributed by atoms with Crippen molar-refractivity contribution < 1.29 is 14.3 Å². The maximum Gasteiger partial charge on any atom is 0.302 e. The van der Waals surface area contributed by atoms with Crippen molar-refractivity contribution >= 4 is 29.5 Å². The topological polar surface area (TPSA) is 55.4 Å². The molecular formula is C8H5NO3S2. The van der Waals surface area contributed by atoms with Gasteiger partial charge in [0.25, 0.3) is 0 Å². The predicted octanol–water partition coefficient (Wildman–Crippen LogP) is 2.27. The lowest BCUT2D eigenvalue weighted by atomic mass is 10.4. The van der Waals surface area contributed by atoms with Crippen LogP contribution in [-0.2, 0) is 0 Å². The molecule has 0 amide bonds. The molecule has 0 unspecified atom stereocenters. The molecule has 4 nitrogen and oxygen atoms in total. The first-order valence-electron chi connectivity index (χ1n) is 3.68. The second-order valence-corrected chi connectivity index (χ2v) is 3.98. The van der Waals surface area contributed by atoms with E-state index in [9.17, 15) is 9.90 Å². The van der Waals surface area contributed by atoms with Gasteiger partial charge in [-0.05, 0) is 24.4 Å². The molecule has 0 aromatic carbocycles. The van der Waals surface area contributed by atoms with Gasteiger partial charge in [-0.2, -0.15) is 0 Å². The number of hydrogen-bond donors (Lipinski definition) is 1. The summed E-state index contributed by atoms with van der Waals surface area (Å²) in [5, 5.41) is 10.8. The Hall–Kier alpha value is -1.40. The summed E-state index contributed by atoms with van der Waals surface area (Å²) in [4.78, 5) is 11.7. The van der Waals surface area contributed by atoms with E-state index in [0.717, 1.165) is 15.9 Å². The third kappa shape index (κ3) is 1.38. The fourth-order valence-electron chi connectivity index (χ4n) is 0.999. The minimum atomic E-state index is -0.459. The molecule has 0 spiro atoms. The normalized spacial score (nSPS) is 10.3. The molecule has 1 N–H and O–H groups in total. The van der Waals surface area contributed by atoms with Gasteiger partial charge in [0.2, 0.25) is 5.88 Å². The monoisotopic (exact) mass is 227 g/mol. The van der Waals surface area contributed by atoms with Crippen LogP contribution >= 0.6 is 23.6 Å². The highest BCUT2D eigenvalue weighted by Gasteiger charge is 2.15. The van der Waals surface area contributed by atoms with E-state index in [1.807, 2.05) is 0 Å². The zero-order valence-corrected chi connectivity index (χ0v) is 8.47. The Balaban J connectivity index is 2.52. The van der Waals surface area contributed by atoms with Crippen LogP contribution in [0.2, 0.25) is 0 Å². The van der Waals surface area contributed by atoms with E-state index < -0.39 is 5.91 Å². The van der Waals surface area contributed by atoms with Gasteiger partial charge in [-0.25, -0.2) is 4.57 Å². The molecule has 2 aromatic heterocycles. The number of hydrogen-bond acceptors (Lipinski definition) is 5. The molecule has 0 saturated carbocycles. The predicted molar refractivity (Wildman–Crippen MR) is 53.2 cm³/mol. The van der Waals surface area contributed by atoms with Crippen molar-refractivity contribution in [2.45, 2.75) is 0 Å². The van der Waals surface area contributed by atoms with Gasteiger partial charge in [-0.15, -0.1) is 11.3 Å². The van der Waals surface area contributed by atoms with Gasteiger partial charge in [-0.1, -0.05) is 0 Å². The summed E-state index contributed by atoms with van der Waals surface area (Å²) in [7, 11) is 0. The standard InChI is InChI=1S/C8H5NO3S2/c10-6-4-14-8(13)9(6)7(11)5-2-1-3-12-5/h1-4,10H. The van der Waals surface area contributed by atoms with Crippen LogP contribution in [0.1, 0.15) is 10.6 Å². The van der Waals surface area contributed by atoms with E-state index >= 15 is 0 Å². The fourth-order valence-corrected chi connectivity index (χ4v) is 1.91. The van der Waals surface area contributed by atoms with Crippen molar-refractivity contribution in [3.8, 4) is 5.88 Å². The smallest absolute Gasteiger partial charge is 0.302 e. The number of furan rings is 1. The van der Waals surface area contributed by atoms with Gasteiger partial charge < -0.3 is 9.52 Å². The Morgan fingerprint density at radius 2 is 2.43 bits per heavy atom. The third-order valence-electron chi connectivity index (χ3n) is 1.61. The Kier molecular flexibility index (Phi) is 2.22. The number of aromatic nitrogens is 1. The number of rotatable bonds is 1. The second kappa shape index (κ2) is 3.39. The van der Waals surface area contributed by atoms with Crippen molar-refractivity contribution in [2.75, 3.05) is 0 Å². The van der Waals surface area contributed by atoms with Gasteiger partial charge in [0.15, 0.2) is 9.71 Å². The quantitative estimate of drug-likeness (QED) is 0.759. The molecule has 0 aliphatic rings. The lowest BCUT2D eigenvalue weighted by molar-refractivity contribution is 0.0923. The summed E-state index contributed by atoms with van der Waals surface area (Å²) in [5.41, 5.74) is 0. The Morgan fingerprint density at radius 1 is 1.64 bits per heavy atom. The maximum atomic E-state index is 11.7. The van der Waals surface area contributed by atoms with Gasteiger partial charge in [0.05, 0.1) is 11.6 Å². The van der Waals surface area contributed by atoms with E-state index in [0.29, 0.717) is 3.95 Å². The molecule has 14 heavy (non-hydrogen) atoms. The molecule has 0 saturated heterocycles. The first-order chi connectivity index (χ1) is 6.70. The van der Waals surface area contributed by atoms with Crippen LogP contribution in [0.15, 0.2) is 28.2 Å². The van der Waals surface area contributed by atoms with Crippen LogP contribution in [0.3, 0.4) is 0 Å². The summed E-state index contributed by atoms with van der Waals surface area (Å²) >= 11 is 6.00. The van der Waals surface area contributed by atoms with E-state index in [4.69, 9.17) is 16.6 Å². The van der Waals surface area contributed by atoms with E-state index in [-0.39, 0.29) is 11.6 Å². The minimum absolute atomic E-state index is 0.148. The number of nitrogens with zero attached hydrogens (tertiary/aromatic N) is 1. The van der Waals surface area contributed by atoms with Crippen molar-refractivity contribution in [3.05, 3.63) is 33.5 Å². The van der Waals surface area contributed by atoms with Crippen molar-refractivity contribution in [1.29, 1.82) is 0 Å². The average molecular weight is 227 g/mol. The molecule has 0 atom stereocenters. The lowest BCUT2D eigenvalue weighted by Gasteiger charge is -1.98. The first kappa shape index (κ1) is 9.17. The summed E-state index contributed by atoms with van der Waals surface area (Å²) < 4.78 is 6.23. The van der Waals surface area contributed by atoms with Crippen LogP contribution in [-0.4, -0.2) is 15.6 Å². The zero-order valence-electron chi connectivity index (χ0n) is 6.84. The average Bonchev–Trinajstić information content (AvgIpc) is 2.75. The summed E-state index contributed by atoms with van der Waals surface area (Å²) in [6, 6.07) is 3.11. The summed E-state index contributed by atoms with van der Waals surface area (Å²) in [6.45, 7) is 0. The largest absolute Gasteiger partial charge is 0.494 e. The lowest BCUT2D eigenvalue weighted by Crippen LogP contribution is -2.09. The molecule has 0 radical (unpaired) electrons. The Morgan fingerprint density at radius 3 is 2.93 bits per heavy atom. The maximum absolute atomic E-state index is 11.7. The Labute approximate surface area is 88.0 Å². The molecule has 6 heteroatoms. The molecular weight excluding hydrogens is 222 g/mol. The SMILES string of the molecule is O=C(c1ccco1)n1c(O)csc1=S. The van der Waals surface area contributed by atoms with E-state index in [2.05, 4.69) is 0 Å². The third-order valence-corrected chi connectivity index (χ3v) is 2.80. The fraction of sp³-hybridized carbons (Fsp3) is 0. The zero-order chi connectivity index (χ0) is 10.1. The number of carbonyl (C=O) groups excluding carboxylic acids is 1. The number of thiazole rings is 1. The van der Waals surface area contributed by atoms with E-state index in [1.165, 1.54) is 17.7 Å². The minimum Gasteiger partial charge on any atom is -0.494 e.